The van der Waals surface area contributed by atoms with E-state index in [9.17, 15) is 14.0 Å². The van der Waals surface area contributed by atoms with Crippen LogP contribution in [-0.2, 0) is 9.47 Å². The van der Waals surface area contributed by atoms with E-state index in [0.717, 1.165) is 10.9 Å². The number of aryl methyl sites for hydroxylation is 1. The van der Waals surface area contributed by atoms with Gasteiger partial charge in [0.25, 0.3) is 5.82 Å². The molecule has 0 radical (unpaired) electrons. The number of esters is 1. The Morgan fingerprint density at radius 2 is 1.84 bits per heavy atom. The third kappa shape index (κ3) is 5.25. The van der Waals surface area contributed by atoms with Crippen LogP contribution in [0.4, 0.5) is 15.1 Å². The van der Waals surface area contributed by atoms with Crippen LogP contribution in [0.1, 0.15) is 44.1 Å². The molecule has 1 aliphatic heterocycles. The Labute approximate surface area is 179 Å². The van der Waals surface area contributed by atoms with Gasteiger partial charge in [0.2, 0.25) is 5.95 Å². The highest BCUT2D eigenvalue weighted by molar-refractivity contribution is 5.85. The van der Waals surface area contributed by atoms with Crippen molar-refractivity contribution in [3.8, 4) is 5.82 Å². The summed E-state index contributed by atoms with van der Waals surface area (Å²) in [6.07, 6.45) is 0.667. The normalized spacial score (nSPS) is 14.5. The van der Waals surface area contributed by atoms with Crippen molar-refractivity contribution >= 4 is 18.0 Å². The van der Waals surface area contributed by atoms with Gasteiger partial charge in [-0.15, -0.1) is 5.10 Å². The van der Waals surface area contributed by atoms with Crippen molar-refractivity contribution in [2.45, 2.75) is 40.2 Å². The molecule has 2 aromatic rings. The zero-order valence-electron chi connectivity index (χ0n) is 18.3. The minimum absolute atomic E-state index is 0.125. The van der Waals surface area contributed by atoms with E-state index in [-0.39, 0.29) is 36.1 Å². The van der Waals surface area contributed by atoms with Gasteiger partial charge in [-0.1, -0.05) is 0 Å². The molecule has 168 valence electrons. The number of piperazine rings is 1. The van der Waals surface area contributed by atoms with E-state index in [4.69, 9.17) is 9.47 Å². The fourth-order valence-corrected chi connectivity index (χ4v) is 2.94. The summed E-state index contributed by atoms with van der Waals surface area (Å²) < 4.78 is 25.9. The fraction of sp³-hybridized carbons (Fsp3) is 0.579. The first-order valence-electron chi connectivity index (χ1n) is 9.95. The lowest BCUT2D eigenvalue weighted by atomic mass is 10.2. The van der Waals surface area contributed by atoms with E-state index in [1.54, 1.807) is 18.7 Å². The second-order valence-corrected chi connectivity index (χ2v) is 7.91. The van der Waals surface area contributed by atoms with E-state index in [1.807, 2.05) is 25.7 Å². The first-order chi connectivity index (χ1) is 14.6. The number of halogens is 1. The highest BCUT2D eigenvalue weighted by atomic mass is 19.1. The van der Waals surface area contributed by atoms with Crippen LogP contribution in [0, 0.1) is 12.7 Å². The molecule has 1 saturated heterocycles. The third-order valence-electron chi connectivity index (χ3n) is 4.35. The van der Waals surface area contributed by atoms with E-state index >= 15 is 0 Å². The van der Waals surface area contributed by atoms with E-state index in [2.05, 4.69) is 20.1 Å². The maximum Gasteiger partial charge on any atom is 0.410 e. The fourth-order valence-electron chi connectivity index (χ4n) is 2.94. The molecule has 0 bridgehead atoms. The van der Waals surface area contributed by atoms with Gasteiger partial charge in [-0.05, 0) is 34.6 Å². The SMILES string of the molecule is CCOC(=O)c1nc(C)n(-c2nc(N3CCN(C(=O)OC(C)(C)C)CC3)ncc2F)n1. The quantitative estimate of drug-likeness (QED) is 0.662. The number of carbonyl (C=O) groups is 2. The summed E-state index contributed by atoms with van der Waals surface area (Å²) in [5.41, 5.74) is -0.568. The zero-order chi connectivity index (χ0) is 22.8. The van der Waals surface area contributed by atoms with Gasteiger partial charge in [0.15, 0.2) is 11.6 Å². The van der Waals surface area contributed by atoms with Crippen molar-refractivity contribution in [2.75, 3.05) is 37.7 Å². The second kappa shape index (κ2) is 8.82. The van der Waals surface area contributed by atoms with E-state index in [0.29, 0.717) is 26.2 Å². The molecule has 12 heteroatoms. The number of carbonyl (C=O) groups excluding carboxylic acids is 2. The standard InChI is InChI=1S/C19H26FN7O4/c1-6-30-16(28)14-22-12(2)27(24-14)15-13(20)11-21-17(23-15)25-7-9-26(10-8-25)18(29)31-19(3,4)5/h11H,6-10H2,1-5H3. The summed E-state index contributed by atoms with van der Waals surface area (Å²) in [6.45, 7) is 10.6. The van der Waals surface area contributed by atoms with Crippen molar-refractivity contribution in [1.82, 2.24) is 29.6 Å². The van der Waals surface area contributed by atoms with Crippen LogP contribution < -0.4 is 4.90 Å². The zero-order valence-corrected chi connectivity index (χ0v) is 18.3. The Kier molecular flexibility index (Phi) is 6.37. The van der Waals surface area contributed by atoms with Crippen molar-refractivity contribution in [2.24, 2.45) is 0 Å². The van der Waals surface area contributed by atoms with Crippen LogP contribution in [0.25, 0.3) is 5.82 Å². The third-order valence-corrected chi connectivity index (χ3v) is 4.35. The van der Waals surface area contributed by atoms with Crippen molar-refractivity contribution < 1.29 is 23.5 Å². The van der Waals surface area contributed by atoms with Gasteiger partial charge < -0.3 is 19.3 Å². The van der Waals surface area contributed by atoms with Gasteiger partial charge in [-0.3, -0.25) is 0 Å². The molecule has 0 aliphatic carbocycles. The smallest absolute Gasteiger partial charge is 0.410 e. The van der Waals surface area contributed by atoms with Crippen molar-refractivity contribution in [3.63, 3.8) is 0 Å². The van der Waals surface area contributed by atoms with Gasteiger partial charge in [0.1, 0.15) is 11.4 Å². The maximum atomic E-state index is 14.5. The lowest BCUT2D eigenvalue weighted by molar-refractivity contribution is 0.0239. The lowest BCUT2D eigenvalue weighted by Crippen LogP contribution is -2.50. The van der Waals surface area contributed by atoms with Crippen LogP contribution in [0.3, 0.4) is 0 Å². The minimum Gasteiger partial charge on any atom is -0.460 e. The van der Waals surface area contributed by atoms with Crippen LogP contribution in [0.5, 0.6) is 0 Å². The molecule has 0 spiro atoms. The Morgan fingerprint density at radius 1 is 1.16 bits per heavy atom. The number of anilines is 1. The Hall–Kier alpha value is -3.31. The number of nitrogens with zero attached hydrogens (tertiary/aromatic N) is 7. The molecule has 0 aromatic carbocycles. The highest BCUT2D eigenvalue weighted by Crippen LogP contribution is 2.18. The molecule has 0 N–H and O–H groups in total. The molecule has 0 atom stereocenters. The second-order valence-electron chi connectivity index (χ2n) is 7.91. The topological polar surface area (TPSA) is 116 Å². The number of hydrogen-bond donors (Lipinski definition) is 0. The molecule has 1 aliphatic rings. The summed E-state index contributed by atoms with van der Waals surface area (Å²) in [5.74, 6) is -1.14. The number of ether oxygens (including phenoxy) is 2. The Bertz CT molecular complexity index is 965. The summed E-state index contributed by atoms with van der Waals surface area (Å²) in [5, 5.41) is 4.03. The predicted molar refractivity (Wildman–Crippen MR) is 108 cm³/mol. The summed E-state index contributed by atoms with van der Waals surface area (Å²) in [7, 11) is 0. The average molecular weight is 435 g/mol. The average Bonchev–Trinajstić information content (AvgIpc) is 3.09. The molecular weight excluding hydrogens is 409 g/mol. The van der Waals surface area contributed by atoms with Crippen molar-refractivity contribution in [3.05, 3.63) is 23.7 Å². The highest BCUT2D eigenvalue weighted by Gasteiger charge is 2.27. The molecule has 3 heterocycles. The monoisotopic (exact) mass is 435 g/mol. The number of rotatable bonds is 4. The maximum absolute atomic E-state index is 14.5. The number of hydrogen-bond acceptors (Lipinski definition) is 9. The van der Waals surface area contributed by atoms with Crippen LogP contribution in [-0.4, -0.2) is 80.1 Å². The Balaban J connectivity index is 1.76. The van der Waals surface area contributed by atoms with Gasteiger partial charge in [0.05, 0.1) is 12.8 Å². The van der Waals surface area contributed by atoms with Gasteiger partial charge in [-0.25, -0.2) is 23.9 Å². The van der Waals surface area contributed by atoms with Crippen LogP contribution >= 0.6 is 0 Å². The molecule has 1 fully saturated rings. The van der Waals surface area contributed by atoms with E-state index in [1.165, 1.54) is 0 Å². The lowest BCUT2D eigenvalue weighted by Gasteiger charge is -2.35. The van der Waals surface area contributed by atoms with Crippen LogP contribution in [0.2, 0.25) is 0 Å². The molecule has 3 rings (SSSR count). The van der Waals surface area contributed by atoms with E-state index < -0.39 is 17.4 Å². The van der Waals surface area contributed by atoms with Gasteiger partial charge >= 0.3 is 12.1 Å². The summed E-state index contributed by atoms with van der Waals surface area (Å²) in [4.78, 5) is 39.9. The first kappa shape index (κ1) is 22.4. The van der Waals surface area contributed by atoms with Gasteiger partial charge in [-0.2, -0.15) is 9.67 Å². The minimum atomic E-state index is -0.709. The molecule has 1 amide bonds. The van der Waals surface area contributed by atoms with Gasteiger partial charge in [0, 0.05) is 26.2 Å². The number of aromatic nitrogens is 5. The molecule has 11 nitrogen and oxygen atoms in total. The van der Waals surface area contributed by atoms with Crippen molar-refractivity contribution in [1.29, 1.82) is 0 Å². The molecule has 31 heavy (non-hydrogen) atoms. The number of amides is 1. The molecule has 2 aromatic heterocycles. The molecule has 0 unspecified atom stereocenters. The summed E-state index contributed by atoms with van der Waals surface area (Å²) >= 11 is 0. The first-order valence-corrected chi connectivity index (χ1v) is 9.95. The van der Waals surface area contributed by atoms with Crippen LogP contribution in [0.15, 0.2) is 6.20 Å². The summed E-state index contributed by atoms with van der Waals surface area (Å²) in [6, 6.07) is 0. The molecular formula is C19H26FN7O4. The molecule has 0 saturated carbocycles. The predicted octanol–water partition coefficient (Wildman–Crippen LogP) is 1.74. The largest absolute Gasteiger partial charge is 0.460 e. The Morgan fingerprint density at radius 3 is 2.45 bits per heavy atom.